The van der Waals surface area contributed by atoms with Crippen LogP contribution >= 0.6 is 0 Å². The van der Waals surface area contributed by atoms with Crippen LogP contribution in [-0.4, -0.2) is 0 Å². The number of nitrogens with zero attached hydrogens (tertiary/aromatic N) is 3. The van der Waals surface area contributed by atoms with Crippen LogP contribution in [0.25, 0.3) is 174 Å². The Hall–Kier alpha value is -16.0. The predicted octanol–water partition coefficient (Wildman–Crippen LogP) is 33.2. The van der Waals surface area contributed by atoms with E-state index in [0.717, 1.165) is 149 Å². The number of para-hydroxylation sites is 3. The number of benzene rings is 22. The van der Waals surface area contributed by atoms with Crippen LogP contribution in [0.4, 0.5) is 51.2 Å². The van der Waals surface area contributed by atoms with Crippen molar-refractivity contribution >= 4 is 214 Å². The molecule has 0 fully saturated rings. The molecule has 0 amide bonds. The van der Waals surface area contributed by atoms with Crippen LogP contribution in [-0.2, 0) is 0 Å². The van der Waals surface area contributed by atoms with E-state index in [1.54, 1.807) is 0 Å². The molecule has 0 aliphatic carbocycles. The Bertz CT molecular complexity index is 8250. The summed E-state index contributed by atoms with van der Waals surface area (Å²) in [6.45, 7) is 0. The van der Waals surface area contributed by atoms with Gasteiger partial charge in [0.15, 0.2) is 0 Å². The molecule has 0 saturated heterocycles. The van der Waals surface area contributed by atoms with Gasteiger partial charge in [0, 0.05) is 98.5 Å². The van der Waals surface area contributed by atoms with Crippen LogP contribution in [0.5, 0.6) is 0 Å². The third kappa shape index (κ3) is 12.0. The average Bonchev–Trinajstić information content (AvgIpc) is 1.47. The van der Waals surface area contributed by atoms with E-state index >= 15 is 0 Å². The molecule has 0 N–H and O–H groups in total. The van der Waals surface area contributed by atoms with E-state index in [9.17, 15) is 0 Å². The van der Waals surface area contributed by atoms with Gasteiger partial charge in [-0.3, -0.25) is 0 Å². The fourth-order valence-corrected chi connectivity index (χ4v) is 18.4. The number of fused-ring (bicyclic) bond motifs is 21. The summed E-state index contributed by atoms with van der Waals surface area (Å²) in [5.74, 6) is 0. The number of hydrogen-bond donors (Lipinski definition) is 0. The number of hydrogen-bond acceptors (Lipinski definition) is 6. The van der Waals surface area contributed by atoms with E-state index in [-0.39, 0.29) is 0 Å². The maximum atomic E-state index is 6.37. The molecule has 0 saturated carbocycles. The molecule has 0 bridgehead atoms. The summed E-state index contributed by atoms with van der Waals surface area (Å²) in [6, 6.07) is 158. The van der Waals surface area contributed by atoms with Crippen molar-refractivity contribution in [1.82, 2.24) is 0 Å². The molecule has 0 spiro atoms. The summed E-state index contributed by atoms with van der Waals surface area (Å²) in [6.07, 6.45) is 0. The number of rotatable bonds is 10. The molecule has 25 aromatic rings. The first kappa shape index (κ1) is 69.5. The van der Waals surface area contributed by atoms with E-state index < -0.39 is 0 Å². The summed E-state index contributed by atoms with van der Waals surface area (Å²) in [5.41, 5.74) is 18.2. The summed E-state index contributed by atoms with van der Waals surface area (Å²) in [7, 11) is 0. The first-order chi connectivity index (χ1) is 59.5. The maximum absolute atomic E-state index is 6.37. The molecule has 25 rings (SSSR count). The van der Waals surface area contributed by atoms with E-state index in [4.69, 9.17) is 13.3 Å². The quantitative estimate of drug-likeness (QED) is 0.136. The van der Waals surface area contributed by atoms with Crippen molar-refractivity contribution < 1.29 is 13.3 Å². The third-order valence-electron chi connectivity index (χ3n) is 24.1. The SMILES string of the molecule is c1ccc2c(-c3ccc(N(c4ccc5c(ccc6c7ccccc7oc56)c4)c4cccc5ccccc45)cc3)cccc2c1.c1ccc2c(N(c3ccc4c(ccc5c6ccccc6oc45)c3)c3cccc4ccccc34)cccc2c1.c1ccc2cc(N(c3ccc4c(ccc5c6ccccc6oc45)c3)c3cccc4ccccc34)ccc2c1. The largest absolute Gasteiger partial charge is 0.455 e. The Balaban J connectivity index is 0.000000105. The molecule has 3 heterocycles. The Morgan fingerprint density at radius 3 is 0.800 bits per heavy atom. The maximum Gasteiger partial charge on any atom is 0.143 e. The Labute approximate surface area is 691 Å². The Kier molecular flexibility index (Phi) is 16.8. The lowest BCUT2D eigenvalue weighted by Crippen LogP contribution is -2.11. The minimum atomic E-state index is 0.919. The highest BCUT2D eigenvalue weighted by Gasteiger charge is 2.24. The van der Waals surface area contributed by atoms with E-state index in [1.807, 2.05) is 36.4 Å². The summed E-state index contributed by atoms with van der Waals surface area (Å²) < 4.78 is 19.0. The standard InChI is InChI=1S/C42H27NO.2C36H23NO/c1-3-13-34-28(9-1)11-7-16-35(34)30-19-22-32(23-20-30)43(40-17-8-12-29-10-2-4-14-36(29)40)33-24-26-37-31(27-33)21-25-39-38-15-5-6-18-41(38)44-42(37)39;1-3-13-28-24(9-1)11-7-16-33(28)37(34-17-8-12-25-10-2-4-14-29(25)34)27-20-22-30-26(23-27)19-21-32-31-15-5-6-18-35(31)38-36(30)32;1-2-10-26-22-28(18-16-24(26)8-1)37(34-14-7-11-25-9-3-4-12-30(25)34)29-19-21-31-27(23-29)17-20-33-32-13-5-6-15-35(32)38-36(31)33/h1-27H;2*1-23H. The van der Waals surface area contributed by atoms with E-state index in [0.29, 0.717) is 0 Å². The van der Waals surface area contributed by atoms with Crippen molar-refractivity contribution in [2.75, 3.05) is 14.7 Å². The molecule has 3 aromatic heterocycles. The summed E-state index contributed by atoms with van der Waals surface area (Å²) in [4.78, 5) is 7.14. The monoisotopic (exact) mass is 1530 g/mol. The molecule has 0 aliphatic rings. The number of furan rings is 3. The van der Waals surface area contributed by atoms with Crippen LogP contribution < -0.4 is 14.7 Å². The van der Waals surface area contributed by atoms with Crippen LogP contribution in [0.15, 0.2) is 456 Å². The van der Waals surface area contributed by atoms with Crippen LogP contribution in [0.2, 0.25) is 0 Å². The first-order valence-corrected chi connectivity index (χ1v) is 40.9. The fraction of sp³-hybridized carbons (Fsp3) is 0. The Morgan fingerprint density at radius 2 is 0.400 bits per heavy atom. The molecule has 22 aromatic carbocycles. The van der Waals surface area contributed by atoms with Gasteiger partial charge < -0.3 is 28.0 Å². The zero-order valence-corrected chi connectivity index (χ0v) is 65.2. The molecule has 0 unspecified atom stereocenters. The molecular formula is C114H73N3O3. The highest BCUT2D eigenvalue weighted by atomic mass is 16.3. The summed E-state index contributed by atoms with van der Waals surface area (Å²) in [5, 5.41) is 28.5. The van der Waals surface area contributed by atoms with Crippen LogP contribution in [0.3, 0.4) is 0 Å². The molecule has 0 atom stereocenters. The zero-order chi connectivity index (χ0) is 79.1. The van der Waals surface area contributed by atoms with Crippen molar-refractivity contribution in [2.24, 2.45) is 0 Å². The van der Waals surface area contributed by atoms with Gasteiger partial charge in [0.1, 0.15) is 33.5 Å². The lowest BCUT2D eigenvalue weighted by atomic mass is 9.98. The Morgan fingerprint density at radius 1 is 0.142 bits per heavy atom. The zero-order valence-electron chi connectivity index (χ0n) is 65.2. The fourth-order valence-electron chi connectivity index (χ4n) is 18.4. The van der Waals surface area contributed by atoms with Gasteiger partial charge in [-0.05, 0) is 210 Å². The average molecular weight is 1530 g/mol. The molecule has 6 heteroatoms. The van der Waals surface area contributed by atoms with Gasteiger partial charge in [-0.15, -0.1) is 0 Å². The molecule has 0 radical (unpaired) electrons. The summed E-state index contributed by atoms with van der Waals surface area (Å²) >= 11 is 0. The van der Waals surface area contributed by atoms with Gasteiger partial charge in [0.05, 0.1) is 22.7 Å². The molecule has 120 heavy (non-hydrogen) atoms. The predicted molar refractivity (Wildman–Crippen MR) is 508 cm³/mol. The van der Waals surface area contributed by atoms with Gasteiger partial charge >= 0.3 is 0 Å². The molecular weight excluding hydrogens is 1460 g/mol. The second kappa shape index (κ2) is 29.1. The topological polar surface area (TPSA) is 49.1 Å². The van der Waals surface area contributed by atoms with Crippen molar-refractivity contribution in [3.05, 3.63) is 443 Å². The highest BCUT2D eigenvalue weighted by molar-refractivity contribution is 6.19. The second-order valence-corrected chi connectivity index (χ2v) is 30.9. The van der Waals surface area contributed by atoms with Crippen molar-refractivity contribution in [2.45, 2.75) is 0 Å². The van der Waals surface area contributed by atoms with Gasteiger partial charge in [0.2, 0.25) is 0 Å². The smallest absolute Gasteiger partial charge is 0.143 e. The minimum absolute atomic E-state index is 0.919. The number of anilines is 9. The van der Waals surface area contributed by atoms with Crippen molar-refractivity contribution in [3.8, 4) is 11.1 Å². The van der Waals surface area contributed by atoms with Gasteiger partial charge in [-0.2, -0.15) is 0 Å². The molecule has 562 valence electrons. The van der Waals surface area contributed by atoms with Gasteiger partial charge in [-0.1, -0.05) is 303 Å². The molecule has 0 aliphatic heterocycles. The van der Waals surface area contributed by atoms with Crippen LogP contribution in [0, 0.1) is 0 Å². The van der Waals surface area contributed by atoms with Crippen LogP contribution in [0.1, 0.15) is 0 Å². The lowest BCUT2D eigenvalue weighted by Gasteiger charge is -2.28. The highest BCUT2D eigenvalue weighted by Crippen LogP contribution is 2.48. The minimum Gasteiger partial charge on any atom is -0.455 e. The third-order valence-corrected chi connectivity index (χ3v) is 24.1. The second-order valence-electron chi connectivity index (χ2n) is 30.9. The normalized spacial score (nSPS) is 11.7. The van der Waals surface area contributed by atoms with E-state index in [2.05, 4.69) is 421 Å². The first-order valence-electron chi connectivity index (χ1n) is 40.9. The molecule has 6 nitrogen and oxygen atoms in total. The van der Waals surface area contributed by atoms with Gasteiger partial charge in [0.25, 0.3) is 0 Å². The van der Waals surface area contributed by atoms with Crippen molar-refractivity contribution in [3.63, 3.8) is 0 Å². The lowest BCUT2D eigenvalue weighted by molar-refractivity contribution is 0.672. The van der Waals surface area contributed by atoms with E-state index in [1.165, 1.54) is 75.8 Å². The van der Waals surface area contributed by atoms with Crippen molar-refractivity contribution in [1.29, 1.82) is 0 Å². The van der Waals surface area contributed by atoms with Gasteiger partial charge in [-0.25, -0.2) is 0 Å².